The van der Waals surface area contributed by atoms with Gasteiger partial charge in [0.25, 0.3) is 5.91 Å². The molecule has 0 saturated carbocycles. The van der Waals surface area contributed by atoms with Gasteiger partial charge in [0, 0.05) is 36.7 Å². The number of hydrogen-bond donors (Lipinski definition) is 0. The lowest BCUT2D eigenvalue weighted by molar-refractivity contribution is -0.132. The van der Waals surface area contributed by atoms with Crippen molar-refractivity contribution in [2.24, 2.45) is 4.99 Å². The Morgan fingerprint density at radius 1 is 1.43 bits per heavy atom. The summed E-state index contributed by atoms with van der Waals surface area (Å²) in [5, 5.41) is 0. The maximum absolute atomic E-state index is 12.0. The maximum Gasteiger partial charge on any atom is 0.252 e. The van der Waals surface area contributed by atoms with Crippen LogP contribution in [0.5, 0.6) is 0 Å². The van der Waals surface area contributed by atoms with E-state index in [0.717, 1.165) is 30.7 Å². The first kappa shape index (κ1) is 9.44. The van der Waals surface area contributed by atoms with E-state index in [0.29, 0.717) is 0 Å². The van der Waals surface area contributed by atoms with E-state index in [1.807, 2.05) is 11.1 Å². The molecule has 0 aromatic carbocycles. The largest absolute Gasteiger partial charge is 0.334 e. The topological polar surface area (TPSA) is 32.7 Å². The van der Waals surface area contributed by atoms with E-state index in [2.05, 4.69) is 25.8 Å². The molecule has 0 spiro atoms. The second-order valence-corrected chi connectivity index (χ2v) is 4.82. The molecule has 76 valence electrons. The zero-order chi connectivity index (χ0) is 10.3. The van der Waals surface area contributed by atoms with E-state index in [4.69, 9.17) is 0 Å². The zero-order valence-electron chi connectivity index (χ0n) is 9.00. The minimum Gasteiger partial charge on any atom is -0.334 e. The first-order chi connectivity index (χ1) is 6.50. The van der Waals surface area contributed by atoms with Crippen molar-refractivity contribution in [3.8, 4) is 0 Å². The summed E-state index contributed by atoms with van der Waals surface area (Å²) in [6.07, 6.45) is 3.48. The number of rotatable bonds is 0. The lowest BCUT2D eigenvalue weighted by Gasteiger charge is -2.38. The van der Waals surface area contributed by atoms with Crippen molar-refractivity contribution >= 4 is 12.1 Å². The van der Waals surface area contributed by atoms with Gasteiger partial charge >= 0.3 is 0 Å². The molecule has 0 atom stereocenters. The van der Waals surface area contributed by atoms with Crippen molar-refractivity contribution in [2.45, 2.75) is 39.2 Å². The average molecular weight is 192 g/mol. The Morgan fingerprint density at radius 3 is 2.79 bits per heavy atom. The van der Waals surface area contributed by atoms with Crippen LogP contribution in [0.25, 0.3) is 0 Å². The third-order valence-corrected chi connectivity index (χ3v) is 2.78. The van der Waals surface area contributed by atoms with Crippen LogP contribution >= 0.6 is 0 Å². The number of amides is 1. The highest BCUT2D eigenvalue weighted by Crippen LogP contribution is 2.29. The summed E-state index contributed by atoms with van der Waals surface area (Å²) in [6.45, 7) is 7.03. The van der Waals surface area contributed by atoms with Crippen LogP contribution in [0.4, 0.5) is 0 Å². The molecule has 3 heteroatoms. The number of nitrogens with zero attached hydrogens (tertiary/aromatic N) is 2. The van der Waals surface area contributed by atoms with Crippen LogP contribution < -0.4 is 0 Å². The van der Waals surface area contributed by atoms with Crippen molar-refractivity contribution in [3.63, 3.8) is 0 Å². The Balaban J connectivity index is 2.27. The van der Waals surface area contributed by atoms with Crippen LogP contribution in [0.3, 0.4) is 0 Å². The molecule has 0 radical (unpaired) electrons. The van der Waals surface area contributed by atoms with Gasteiger partial charge in [-0.25, -0.2) is 0 Å². The fourth-order valence-corrected chi connectivity index (χ4v) is 1.99. The molecule has 0 saturated heterocycles. The summed E-state index contributed by atoms with van der Waals surface area (Å²) < 4.78 is 0. The summed E-state index contributed by atoms with van der Waals surface area (Å²) in [7, 11) is 0. The molecule has 0 fully saturated rings. The van der Waals surface area contributed by atoms with Gasteiger partial charge in [-0.1, -0.05) is 0 Å². The number of hydrogen-bond acceptors (Lipinski definition) is 2. The summed E-state index contributed by atoms with van der Waals surface area (Å²) >= 11 is 0. The molecule has 0 aromatic heterocycles. The van der Waals surface area contributed by atoms with E-state index in [1.54, 1.807) is 0 Å². The van der Waals surface area contributed by atoms with Crippen molar-refractivity contribution in [2.75, 3.05) is 6.54 Å². The van der Waals surface area contributed by atoms with Crippen LogP contribution in [-0.4, -0.2) is 29.1 Å². The minimum absolute atomic E-state index is 0.0712. The molecule has 0 bridgehead atoms. The Kier molecular flexibility index (Phi) is 1.98. The third kappa shape index (κ3) is 1.37. The minimum atomic E-state index is -0.0712. The SMILES string of the molecule is CC(C)(C)N1CCC2=C(CC=N2)C1=O. The van der Waals surface area contributed by atoms with Crippen LogP contribution in [-0.2, 0) is 4.79 Å². The molecule has 0 aliphatic carbocycles. The maximum atomic E-state index is 12.0. The molecule has 0 aromatic rings. The Bertz CT molecular complexity index is 334. The zero-order valence-corrected chi connectivity index (χ0v) is 9.00. The van der Waals surface area contributed by atoms with Crippen molar-refractivity contribution < 1.29 is 4.79 Å². The fraction of sp³-hybridized carbons (Fsp3) is 0.636. The monoisotopic (exact) mass is 192 g/mol. The molecule has 2 aliphatic heterocycles. The normalized spacial score (nSPS) is 21.9. The Hall–Kier alpha value is -1.12. The van der Waals surface area contributed by atoms with Gasteiger partial charge in [-0.3, -0.25) is 9.79 Å². The molecule has 2 heterocycles. The smallest absolute Gasteiger partial charge is 0.252 e. The number of carbonyl (C=O) groups excluding carboxylic acids is 1. The summed E-state index contributed by atoms with van der Waals surface area (Å²) in [5.41, 5.74) is 1.85. The van der Waals surface area contributed by atoms with Crippen LogP contribution in [0.2, 0.25) is 0 Å². The van der Waals surface area contributed by atoms with Gasteiger partial charge in [0.15, 0.2) is 0 Å². The number of carbonyl (C=O) groups is 1. The summed E-state index contributed by atoms with van der Waals surface area (Å²) in [4.78, 5) is 18.2. The van der Waals surface area contributed by atoms with Crippen molar-refractivity contribution in [3.05, 3.63) is 11.3 Å². The summed E-state index contributed by atoms with van der Waals surface area (Å²) in [5.74, 6) is 0.177. The predicted molar refractivity (Wildman–Crippen MR) is 56.2 cm³/mol. The highest BCUT2D eigenvalue weighted by atomic mass is 16.2. The summed E-state index contributed by atoms with van der Waals surface area (Å²) in [6, 6.07) is 0. The van der Waals surface area contributed by atoms with Crippen LogP contribution in [0.15, 0.2) is 16.3 Å². The predicted octanol–water partition coefficient (Wildman–Crippen LogP) is 1.75. The first-order valence-electron chi connectivity index (χ1n) is 5.06. The molecule has 0 N–H and O–H groups in total. The Morgan fingerprint density at radius 2 is 2.14 bits per heavy atom. The molecule has 3 nitrogen and oxygen atoms in total. The molecule has 0 unspecified atom stereocenters. The van der Waals surface area contributed by atoms with Gasteiger partial charge in [0.05, 0.1) is 5.70 Å². The fourth-order valence-electron chi connectivity index (χ4n) is 1.99. The van der Waals surface area contributed by atoms with Gasteiger partial charge in [-0.05, 0) is 20.8 Å². The van der Waals surface area contributed by atoms with Gasteiger partial charge in [-0.15, -0.1) is 0 Å². The van der Waals surface area contributed by atoms with Gasteiger partial charge in [-0.2, -0.15) is 0 Å². The first-order valence-corrected chi connectivity index (χ1v) is 5.06. The van der Waals surface area contributed by atoms with Crippen molar-refractivity contribution in [1.29, 1.82) is 0 Å². The molecule has 14 heavy (non-hydrogen) atoms. The second kappa shape index (κ2) is 2.94. The highest BCUT2D eigenvalue weighted by molar-refractivity contribution is 6.00. The second-order valence-electron chi connectivity index (χ2n) is 4.82. The number of aliphatic imine (C=N–C) groups is 1. The molecule has 2 rings (SSSR count). The van der Waals surface area contributed by atoms with Gasteiger partial charge in [0.1, 0.15) is 0 Å². The lowest BCUT2D eigenvalue weighted by atomic mass is 9.98. The molecular formula is C11H16N2O. The van der Waals surface area contributed by atoms with E-state index in [-0.39, 0.29) is 11.4 Å². The third-order valence-electron chi connectivity index (χ3n) is 2.78. The van der Waals surface area contributed by atoms with E-state index >= 15 is 0 Å². The van der Waals surface area contributed by atoms with E-state index in [1.165, 1.54) is 0 Å². The highest BCUT2D eigenvalue weighted by Gasteiger charge is 2.34. The molecule has 1 amide bonds. The quantitative estimate of drug-likeness (QED) is 0.575. The van der Waals surface area contributed by atoms with Gasteiger partial charge in [0.2, 0.25) is 0 Å². The average Bonchev–Trinajstić information content (AvgIpc) is 2.50. The molecule has 2 aliphatic rings. The van der Waals surface area contributed by atoms with Gasteiger partial charge < -0.3 is 4.90 Å². The van der Waals surface area contributed by atoms with E-state index in [9.17, 15) is 4.79 Å². The van der Waals surface area contributed by atoms with E-state index < -0.39 is 0 Å². The molecular weight excluding hydrogens is 176 g/mol. The standard InChI is InChI=1S/C11H16N2O/c1-11(2,3)13-7-5-9-8(10(13)14)4-6-12-9/h6H,4-5,7H2,1-3H3. The lowest BCUT2D eigenvalue weighted by Crippen LogP contribution is -2.48. The van der Waals surface area contributed by atoms with Crippen LogP contribution in [0, 0.1) is 0 Å². The van der Waals surface area contributed by atoms with Crippen LogP contribution in [0.1, 0.15) is 33.6 Å². The van der Waals surface area contributed by atoms with Crippen molar-refractivity contribution in [1.82, 2.24) is 4.90 Å². The Labute approximate surface area is 84.5 Å².